The highest BCUT2D eigenvalue weighted by Gasteiger charge is 2.16. The quantitative estimate of drug-likeness (QED) is 0.867. The Balaban J connectivity index is 2.42. The molecule has 6 heteroatoms. The molecule has 3 nitrogen and oxygen atoms in total. The van der Waals surface area contributed by atoms with E-state index in [1.807, 2.05) is 6.92 Å². The highest BCUT2D eigenvalue weighted by molar-refractivity contribution is 6.36. The van der Waals surface area contributed by atoms with Gasteiger partial charge >= 0.3 is 0 Å². The molecule has 0 saturated carbocycles. The Bertz CT molecular complexity index is 557. The van der Waals surface area contributed by atoms with Gasteiger partial charge in [-0.3, -0.25) is 0 Å². The fourth-order valence-electron chi connectivity index (χ4n) is 1.56. The van der Waals surface area contributed by atoms with Crippen molar-refractivity contribution < 1.29 is 8.91 Å². The van der Waals surface area contributed by atoms with Crippen LogP contribution in [0.5, 0.6) is 0 Å². The molecule has 0 spiro atoms. The number of nitrogens with zero attached hydrogens (tertiary/aromatic N) is 1. The summed E-state index contributed by atoms with van der Waals surface area (Å²) in [5, 5.41) is 7.17. The fraction of sp³-hybridized carbons (Fsp3) is 0.250. The molecule has 1 N–H and O–H groups in total. The second-order valence-electron chi connectivity index (χ2n) is 3.71. The van der Waals surface area contributed by atoms with Gasteiger partial charge in [0.15, 0.2) is 5.76 Å². The third kappa shape index (κ3) is 2.66. The lowest BCUT2D eigenvalue weighted by Crippen LogP contribution is -2.11. The van der Waals surface area contributed by atoms with Crippen LogP contribution in [0.4, 0.5) is 4.39 Å². The number of hydrogen-bond acceptors (Lipinski definition) is 3. The summed E-state index contributed by atoms with van der Waals surface area (Å²) < 4.78 is 18.6. The Morgan fingerprint density at radius 2 is 2.11 bits per heavy atom. The Morgan fingerprint density at radius 1 is 1.33 bits per heavy atom. The molecule has 0 bridgehead atoms. The van der Waals surface area contributed by atoms with E-state index in [0.29, 0.717) is 22.9 Å². The molecule has 1 aromatic carbocycles. The SMILES string of the molecule is CCNCc1cnoc1-c1cc(F)c(Cl)cc1Cl. The van der Waals surface area contributed by atoms with Gasteiger partial charge in [-0.25, -0.2) is 4.39 Å². The molecule has 96 valence electrons. The summed E-state index contributed by atoms with van der Waals surface area (Å²) in [6.07, 6.45) is 1.58. The topological polar surface area (TPSA) is 38.1 Å². The van der Waals surface area contributed by atoms with Gasteiger partial charge in [0.1, 0.15) is 5.82 Å². The highest BCUT2D eigenvalue weighted by Crippen LogP contribution is 2.34. The molecule has 0 radical (unpaired) electrons. The zero-order valence-corrected chi connectivity index (χ0v) is 11.1. The Morgan fingerprint density at radius 3 is 2.83 bits per heavy atom. The van der Waals surface area contributed by atoms with Crippen LogP contribution >= 0.6 is 23.2 Å². The van der Waals surface area contributed by atoms with Gasteiger partial charge in [-0.15, -0.1) is 0 Å². The minimum atomic E-state index is -0.540. The van der Waals surface area contributed by atoms with Crippen molar-refractivity contribution in [3.8, 4) is 11.3 Å². The molecule has 2 rings (SSSR count). The number of hydrogen-bond donors (Lipinski definition) is 1. The molecular formula is C12H11Cl2FN2O. The molecule has 1 heterocycles. The van der Waals surface area contributed by atoms with Crippen molar-refractivity contribution in [2.24, 2.45) is 0 Å². The third-order valence-electron chi connectivity index (χ3n) is 2.46. The summed E-state index contributed by atoms with van der Waals surface area (Å²) >= 11 is 11.7. The van der Waals surface area contributed by atoms with Gasteiger partial charge in [0, 0.05) is 17.7 Å². The first-order valence-electron chi connectivity index (χ1n) is 5.42. The zero-order chi connectivity index (χ0) is 13.1. The lowest BCUT2D eigenvalue weighted by molar-refractivity contribution is 0.431. The molecular weight excluding hydrogens is 278 g/mol. The normalized spacial score (nSPS) is 10.9. The number of rotatable bonds is 4. The maximum absolute atomic E-state index is 13.5. The average molecular weight is 289 g/mol. The molecule has 18 heavy (non-hydrogen) atoms. The maximum Gasteiger partial charge on any atom is 0.172 e. The predicted molar refractivity (Wildman–Crippen MR) is 69.3 cm³/mol. The van der Waals surface area contributed by atoms with Crippen molar-refractivity contribution in [3.05, 3.63) is 39.8 Å². The molecule has 0 amide bonds. The second-order valence-corrected chi connectivity index (χ2v) is 4.52. The van der Waals surface area contributed by atoms with E-state index in [9.17, 15) is 4.39 Å². The predicted octanol–water partition coefficient (Wildman–Crippen LogP) is 3.90. The van der Waals surface area contributed by atoms with E-state index in [1.165, 1.54) is 12.1 Å². The summed E-state index contributed by atoms with van der Waals surface area (Å²) in [5.74, 6) is -0.0848. The largest absolute Gasteiger partial charge is 0.356 e. The van der Waals surface area contributed by atoms with Crippen LogP contribution < -0.4 is 5.32 Å². The van der Waals surface area contributed by atoms with Gasteiger partial charge in [-0.2, -0.15) is 0 Å². The monoisotopic (exact) mass is 288 g/mol. The van der Waals surface area contributed by atoms with E-state index in [0.717, 1.165) is 12.1 Å². The van der Waals surface area contributed by atoms with Gasteiger partial charge in [0.2, 0.25) is 0 Å². The molecule has 0 aliphatic carbocycles. The molecule has 2 aromatic rings. The van der Waals surface area contributed by atoms with Gasteiger partial charge in [-0.1, -0.05) is 35.3 Å². The number of benzene rings is 1. The summed E-state index contributed by atoms with van der Waals surface area (Å²) in [7, 11) is 0. The van der Waals surface area contributed by atoms with Gasteiger partial charge < -0.3 is 9.84 Å². The first kappa shape index (κ1) is 13.3. The van der Waals surface area contributed by atoms with E-state index >= 15 is 0 Å². The van der Waals surface area contributed by atoms with Gasteiger partial charge in [-0.05, 0) is 18.7 Å². The molecule has 0 atom stereocenters. The third-order valence-corrected chi connectivity index (χ3v) is 3.07. The number of halogens is 3. The Labute approximate surface area is 114 Å². The Hall–Kier alpha value is -1.10. The number of aromatic nitrogens is 1. The lowest BCUT2D eigenvalue weighted by atomic mass is 10.1. The van der Waals surface area contributed by atoms with E-state index in [4.69, 9.17) is 27.7 Å². The van der Waals surface area contributed by atoms with Gasteiger partial charge in [0.25, 0.3) is 0 Å². The van der Waals surface area contributed by atoms with Crippen molar-refractivity contribution in [1.82, 2.24) is 10.5 Å². The Kier molecular flexibility index (Phi) is 4.22. The molecule has 0 unspecified atom stereocenters. The minimum Gasteiger partial charge on any atom is -0.356 e. The van der Waals surface area contributed by atoms with Crippen LogP contribution in [0, 0.1) is 5.82 Å². The van der Waals surface area contributed by atoms with Gasteiger partial charge in [0.05, 0.1) is 16.2 Å². The van der Waals surface area contributed by atoms with Crippen LogP contribution in [0.1, 0.15) is 12.5 Å². The van der Waals surface area contributed by atoms with Crippen LogP contribution in [0.3, 0.4) is 0 Å². The minimum absolute atomic E-state index is 0.0171. The first-order chi connectivity index (χ1) is 8.63. The van der Waals surface area contributed by atoms with Crippen LogP contribution in [-0.4, -0.2) is 11.7 Å². The standard InChI is InChI=1S/C12H11Cl2FN2O/c1-2-16-5-7-6-17-18-12(7)8-3-11(15)10(14)4-9(8)13/h3-4,6,16H,2,5H2,1H3. The molecule has 0 saturated heterocycles. The smallest absolute Gasteiger partial charge is 0.172 e. The van der Waals surface area contributed by atoms with Crippen molar-refractivity contribution in [3.63, 3.8) is 0 Å². The van der Waals surface area contributed by atoms with Crippen LogP contribution in [0.2, 0.25) is 10.0 Å². The van der Waals surface area contributed by atoms with Crippen molar-refractivity contribution in [1.29, 1.82) is 0 Å². The summed E-state index contributed by atoms with van der Waals surface area (Å²) in [6.45, 7) is 3.38. The number of nitrogens with one attached hydrogen (secondary N) is 1. The summed E-state index contributed by atoms with van der Waals surface area (Å²) in [6, 6.07) is 2.61. The fourth-order valence-corrected chi connectivity index (χ4v) is 2.03. The molecule has 0 fully saturated rings. The zero-order valence-electron chi connectivity index (χ0n) is 9.64. The van der Waals surface area contributed by atoms with E-state index < -0.39 is 5.82 Å². The highest BCUT2D eigenvalue weighted by atomic mass is 35.5. The van der Waals surface area contributed by atoms with Crippen molar-refractivity contribution in [2.45, 2.75) is 13.5 Å². The molecule has 0 aliphatic heterocycles. The average Bonchev–Trinajstić information content (AvgIpc) is 2.79. The van der Waals surface area contributed by atoms with Crippen molar-refractivity contribution >= 4 is 23.2 Å². The lowest BCUT2D eigenvalue weighted by Gasteiger charge is -2.05. The van der Waals surface area contributed by atoms with Crippen LogP contribution in [0.25, 0.3) is 11.3 Å². The second kappa shape index (κ2) is 5.69. The van der Waals surface area contributed by atoms with Crippen LogP contribution in [0.15, 0.2) is 22.9 Å². The summed E-state index contributed by atoms with van der Waals surface area (Å²) in [5.41, 5.74) is 1.27. The van der Waals surface area contributed by atoms with Crippen LogP contribution in [-0.2, 0) is 6.54 Å². The van der Waals surface area contributed by atoms with E-state index in [2.05, 4.69) is 10.5 Å². The molecule has 0 aliphatic rings. The van der Waals surface area contributed by atoms with Crippen molar-refractivity contribution in [2.75, 3.05) is 6.54 Å². The van der Waals surface area contributed by atoms with E-state index in [1.54, 1.807) is 6.20 Å². The molecule has 1 aromatic heterocycles. The van der Waals surface area contributed by atoms with E-state index in [-0.39, 0.29) is 5.02 Å². The first-order valence-corrected chi connectivity index (χ1v) is 6.18. The summed E-state index contributed by atoms with van der Waals surface area (Å²) in [4.78, 5) is 0. The maximum atomic E-state index is 13.5.